The lowest BCUT2D eigenvalue weighted by Gasteiger charge is -2.45. The molecule has 102 valence electrons. The van der Waals surface area contributed by atoms with E-state index in [2.05, 4.69) is 27.7 Å². The predicted molar refractivity (Wildman–Crippen MR) is 66.4 cm³/mol. The number of hydrogen-bond donors (Lipinski definition) is 1. The molecule has 3 nitrogen and oxygen atoms in total. The van der Waals surface area contributed by atoms with Gasteiger partial charge in [-0.2, -0.15) is 0 Å². The van der Waals surface area contributed by atoms with Crippen LogP contribution in [0.15, 0.2) is 0 Å². The minimum Gasteiger partial charge on any atom is -0.363 e. The van der Waals surface area contributed by atoms with Crippen molar-refractivity contribution in [2.75, 3.05) is 0 Å². The highest BCUT2D eigenvalue weighted by atomic mass is 17.2. The van der Waals surface area contributed by atoms with Crippen molar-refractivity contribution in [2.24, 2.45) is 28.6 Å². The van der Waals surface area contributed by atoms with Crippen LogP contribution >= 0.6 is 0 Å². The maximum atomic E-state index is 10.7. The van der Waals surface area contributed by atoms with Crippen molar-refractivity contribution in [3.8, 4) is 0 Å². The minimum absolute atomic E-state index is 0.145. The van der Waals surface area contributed by atoms with Gasteiger partial charge in [0.15, 0.2) is 0 Å². The third-order valence-electron chi connectivity index (χ3n) is 6.81. The molecule has 0 aromatic rings. The van der Waals surface area contributed by atoms with Crippen LogP contribution in [0.25, 0.3) is 0 Å². The molecule has 6 atom stereocenters. The summed E-state index contributed by atoms with van der Waals surface area (Å²) in [6.45, 7) is 9.27. The van der Waals surface area contributed by atoms with Gasteiger partial charge in [-0.3, -0.25) is 0 Å². The second-order valence-corrected chi connectivity index (χ2v) is 8.26. The number of hydrogen-bond acceptors (Lipinski definition) is 3. The standard InChI is InChI=1S/C15H24O3/c1-12(2)6-5-7-13(3)9-8-15(16)11(13)14(4,10(9)12)17-18-15/h9-11,16H,5-8H2,1-4H3/t9-,10+,11-,13+,14?,15-/m1/s1. The number of aliphatic hydroxyl groups is 1. The molecule has 0 amide bonds. The Kier molecular flexibility index (Phi) is 1.83. The van der Waals surface area contributed by atoms with E-state index in [4.69, 9.17) is 9.78 Å². The largest absolute Gasteiger partial charge is 0.363 e. The van der Waals surface area contributed by atoms with Gasteiger partial charge in [-0.15, -0.1) is 0 Å². The van der Waals surface area contributed by atoms with Gasteiger partial charge in [0.2, 0.25) is 5.79 Å². The summed E-state index contributed by atoms with van der Waals surface area (Å²) in [6.07, 6.45) is 4.48. The van der Waals surface area contributed by atoms with Crippen LogP contribution < -0.4 is 0 Å². The van der Waals surface area contributed by atoms with Crippen molar-refractivity contribution in [1.29, 1.82) is 0 Å². The van der Waals surface area contributed by atoms with Gasteiger partial charge >= 0.3 is 0 Å². The van der Waals surface area contributed by atoms with E-state index < -0.39 is 5.79 Å². The Hall–Kier alpha value is -0.120. The summed E-state index contributed by atoms with van der Waals surface area (Å²) >= 11 is 0. The first-order valence-corrected chi connectivity index (χ1v) is 7.33. The van der Waals surface area contributed by atoms with E-state index in [1.54, 1.807) is 0 Å². The van der Waals surface area contributed by atoms with Gasteiger partial charge in [0.1, 0.15) is 5.60 Å². The molecule has 4 bridgehead atoms. The average Bonchev–Trinajstić information content (AvgIpc) is 2.60. The maximum Gasteiger partial charge on any atom is 0.205 e. The molecular formula is C15H24O3. The van der Waals surface area contributed by atoms with Gasteiger partial charge in [-0.05, 0) is 42.4 Å². The van der Waals surface area contributed by atoms with E-state index in [9.17, 15) is 5.11 Å². The number of fused-ring (bicyclic) bond motifs is 1. The van der Waals surface area contributed by atoms with E-state index in [0.29, 0.717) is 11.8 Å². The van der Waals surface area contributed by atoms with Crippen LogP contribution in [0.3, 0.4) is 0 Å². The Morgan fingerprint density at radius 2 is 1.78 bits per heavy atom. The van der Waals surface area contributed by atoms with E-state index >= 15 is 0 Å². The van der Waals surface area contributed by atoms with Gasteiger partial charge in [-0.1, -0.05) is 27.2 Å². The van der Waals surface area contributed by atoms with E-state index in [-0.39, 0.29) is 22.3 Å². The summed E-state index contributed by atoms with van der Waals surface area (Å²) in [6, 6.07) is 0. The lowest BCUT2D eigenvalue weighted by atomic mass is 9.61. The van der Waals surface area contributed by atoms with Crippen LogP contribution in [-0.4, -0.2) is 16.5 Å². The highest BCUT2D eigenvalue weighted by Gasteiger charge is 2.82. The molecule has 0 aromatic heterocycles. The van der Waals surface area contributed by atoms with Crippen LogP contribution in [0.4, 0.5) is 0 Å². The molecule has 0 radical (unpaired) electrons. The predicted octanol–water partition coefficient (Wildman–Crippen LogP) is 2.88. The molecule has 0 spiro atoms. The Balaban J connectivity index is 1.94. The zero-order valence-corrected chi connectivity index (χ0v) is 11.8. The third-order valence-corrected chi connectivity index (χ3v) is 6.81. The molecule has 1 heterocycles. The Morgan fingerprint density at radius 3 is 2.50 bits per heavy atom. The van der Waals surface area contributed by atoms with Crippen LogP contribution in [0, 0.1) is 28.6 Å². The molecule has 0 aromatic carbocycles. The van der Waals surface area contributed by atoms with Crippen molar-refractivity contribution in [2.45, 2.75) is 64.8 Å². The Bertz CT molecular complexity index is 420. The zero-order valence-electron chi connectivity index (χ0n) is 11.8. The fourth-order valence-corrected chi connectivity index (χ4v) is 6.65. The lowest BCUT2D eigenvalue weighted by Crippen LogP contribution is -2.52. The summed E-state index contributed by atoms with van der Waals surface area (Å²) in [5.41, 5.74) is 0.176. The molecule has 1 saturated heterocycles. The second-order valence-electron chi connectivity index (χ2n) is 8.26. The second kappa shape index (κ2) is 2.82. The van der Waals surface area contributed by atoms with Gasteiger partial charge in [0.05, 0.1) is 5.92 Å². The van der Waals surface area contributed by atoms with Crippen LogP contribution in [0.5, 0.6) is 0 Å². The molecular weight excluding hydrogens is 228 g/mol. The first kappa shape index (κ1) is 11.7. The maximum absolute atomic E-state index is 10.7. The van der Waals surface area contributed by atoms with Crippen LogP contribution in [0.2, 0.25) is 0 Å². The average molecular weight is 252 g/mol. The van der Waals surface area contributed by atoms with E-state index in [1.165, 1.54) is 19.3 Å². The first-order valence-electron chi connectivity index (χ1n) is 7.33. The minimum atomic E-state index is -1.02. The fraction of sp³-hybridized carbons (Fsp3) is 1.00. The van der Waals surface area contributed by atoms with Crippen molar-refractivity contribution < 1.29 is 14.9 Å². The Labute approximate surface area is 109 Å². The van der Waals surface area contributed by atoms with Crippen LogP contribution in [0.1, 0.15) is 53.4 Å². The molecule has 3 saturated carbocycles. The highest BCUT2D eigenvalue weighted by Crippen LogP contribution is 2.78. The van der Waals surface area contributed by atoms with Gasteiger partial charge in [-0.25, -0.2) is 9.78 Å². The van der Waals surface area contributed by atoms with Crippen molar-refractivity contribution in [1.82, 2.24) is 0 Å². The molecule has 4 aliphatic rings. The first-order chi connectivity index (χ1) is 8.24. The van der Waals surface area contributed by atoms with Crippen molar-refractivity contribution in [3.05, 3.63) is 0 Å². The molecule has 1 N–H and O–H groups in total. The summed E-state index contributed by atoms with van der Waals surface area (Å²) in [5, 5.41) is 10.7. The molecule has 18 heavy (non-hydrogen) atoms. The zero-order chi connectivity index (χ0) is 13.0. The topological polar surface area (TPSA) is 38.7 Å². The lowest BCUT2D eigenvalue weighted by molar-refractivity contribution is -0.390. The summed E-state index contributed by atoms with van der Waals surface area (Å²) in [7, 11) is 0. The Morgan fingerprint density at radius 1 is 1.06 bits per heavy atom. The van der Waals surface area contributed by atoms with Crippen LogP contribution in [-0.2, 0) is 9.78 Å². The number of rotatable bonds is 0. The molecule has 3 aliphatic carbocycles. The molecule has 1 unspecified atom stereocenters. The van der Waals surface area contributed by atoms with Crippen molar-refractivity contribution in [3.63, 3.8) is 0 Å². The smallest absolute Gasteiger partial charge is 0.205 e. The molecule has 1 aliphatic heterocycles. The van der Waals surface area contributed by atoms with Gasteiger partial charge in [0, 0.05) is 6.42 Å². The van der Waals surface area contributed by atoms with Gasteiger partial charge in [0.25, 0.3) is 0 Å². The normalized spacial score (nSPS) is 64.2. The molecule has 4 fully saturated rings. The SMILES string of the molecule is CC1(C)CCC[C@@]2(C)[C@@H]3C[C@@]4(O)OOC(C)([C@@H]31)[C@@H]24. The monoisotopic (exact) mass is 252 g/mol. The summed E-state index contributed by atoms with van der Waals surface area (Å²) < 4.78 is 0. The fourth-order valence-electron chi connectivity index (χ4n) is 6.65. The molecule has 4 rings (SSSR count). The summed E-state index contributed by atoms with van der Waals surface area (Å²) in [4.78, 5) is 11.2. The summed E-state index contributed by atoms with van der Waals surface area (Å²) in [5.74, 6) is 0.174. The molecule has 3 heteroatoms. The third kappa shape index (κ3) is 0.981. The quantitative estimate of drug-likeness (QED) is 0.674. The van der Waals surface area contributed by atoms with E-state index in [1.807, 2.05) is 0 Å². The highest BCUT2D eigenvalue weighted by molar-refractivity contribution is 5.25. The van der Waals surface area contributed by atoms with Crippen molar-refractivity contribution >= 4 is 0 Å². The van der Waals surface area contributed by atoms with E-state index in [0.717, 1.165) is 6.42 Å². The van der Waals surface area contributed by atoms with Gasteiger partial charge < -0.3 is 5.11 Å².